The van der Waals surface area contributed by atoms with Gasteiger partial charge in [0.25, 0.3) is 5.56 Å². The lowest BCUT2D eigenvalue weighted by molar-refractivity contribution is -0.125. The van der Waals surface area contributed by atoms with Gasteiger partial charge in [0, 0.05) is 31.4 Å². The fraction of sp³-hybridized carbons (Fsp3) is 0.429. The summed E-state index contributed by atoms with van der Waals surface area (Å²) in [6, 6.07) is 9.88. The molecule has 0 unspecified atom stereocenters. The van der Waals surface area contributed by atoms with Crippen LogP contribution in [0.15, 0.2) is 35.1 Å². The molecule has 3 aromatic rings. The molecule has 1 aliphatic rings. The predicted octanol–water partition coefficient (Wildman–Crippen LogP) is 2.34. The van der Waals surface area contributed by atoms with Gasteiger partial charge in [0.05, 0.1) is 5.92 Å². The first-order valence-corrected chi connectivity index (χ1v) is 10.8. The van der Waals surface area contributed by atoms with E-state index in [-0.39, 0.29) is 17.4 Å². The number of hydrogen-bond acceptors (Lipinski definition) is 6. The van der Waals surface area contributed by atoms with Gasteiger partial charge in [-0.1, -0.05) is 41.2 Å². The third-order valence-electron chi connectivity index (χ3n) is 5.26. The molecule has 0 radical (unpaired) electrons. The number of hydrogen-bond donors (Lipinski definition) is 1. The minimum atomic E-state index is -0.169. The summed E-state index contributed by atoms with van der Waals surface area (Å²) in [7, 11) is 0. The van der Waals surface area contributed by atoms with E-state index < -0.39 is 0 Å². The van der Waals surface area contributed by atoms with E-state index >= 15 is 0 Å². The van der Waals surface area contributed by atoms with Gasteiger partial charge in [-0.25, -0.2) is 4.98 Å². The van der Waals surface area contributed by atoms with Gasteiger partial charge in [-0.15, -0.1) is 5.10 Å². The summed E-state index contributed by atoms with van der Waals surface area (Å²) in [4.78, 5) is 31.9. The SMILES string of the molecule is Cc1ccc(CCNC(=O)[C@@H]2CCCN(c3nn4c(=O)cc(C)nc4s3)C2)cc1. The number of aryl methyl sites for hydroxylation is 2. The van der Waals surface area contributed by atoms with Crippen LogP contribution in [0.2, 0.25) is 0 Å². The van der Waals surface area contributed by atoms with E-state index in [1.54, 1.807) is 6.92 Å². The van der Waals surface area contributed by atoms with Crippen LogP contribution >= 0.6 is 11.3 Å². The van der Waals surface area contributed by atoms with E-state index in [2.05, 4.69) is 51.5 Å². The molecule has 1 aliphatic heterocycles. The summed E-state index contributed by atoms with van der Waals surface area (Å²) in [6.45, 7) is 5.96. The molecule has 0 spiro atoms. The second kappa shape index (κ2) is 8.32. The monoisotopic (exact) mass is 411 g/mol. The molecule has 8 heteroatoms. The first-order valence-electron chi connectivity index (χ1n) is 9.95. The van der Waals surface area contributed by atoms with Crippen LogP contribution in [0, 0.1) is 19.8 Å². The van der Waals surface area contributed by atoms with Crippen LogP contribution in [0.25, 0.3) is 4.96 Å². The molecule has 2 aromatic heterocycles. The molecule has 1 N–H and O–H groups in total. The molecule has 3 heterocycles. The third kappa shape index (κ3) is 4.48. The molecule has 7 nitrogen and oxygen atoms in total. The van der Waals surface area contributed by atoms with Crippen molar-refractivity contribution in [2.75, 3.05) is 24.5 Å². The summed E-state index contributed by atoms with van der Waals surface area (Å²) >= 11 is 1.40. The lowest BCUT2D eigenvalue weighted by atomic mass is 9.97. The van der Waals surface area contributed by atoms with Gasteiger partial charge in [0.2, 0.25) is 16.0 Å². The van der Waals surface area contributed by atoms with Crippen LogP contribution in [-0.2, 0) is 11.2 Å². The normalized spacial score (nSPS) is 16.9. The Kier molecular flexibility index (Phi) is 5.62. The van der Waals surface area contributed by atoms with Gasteiger partial charge in [-0.2, -0.15) is 4.52 Å². The molecule has 1 aromatic carbocycles. The molecule has 1 saturated heterocycles. The number of anilines is 1. The Morgan fingerprint density at radius 3 is 2.86 bits per heavy atom. The molecule has 0 aliphatic carbocycles. The quantitative estimate of drug-likeness (QED) is 0.697. The maximum absolute atomic E-state index is 12.7. The largest absolute Gasteiger partial charge is 0.355 e. The lowest BCUT2D eigenvalue weighted by Gasteiger charge is -2.31. The van der Waals surface area contributed by atoms with Gasteiger partial charge in [-0.05, 0) is 38.7 Å². The fourth-order valence-electron chi connectivity index (χ4n) is 3.63. The van der Waals surface area contributed by atoms with Crippen molar-refractivity contribution >= 4 is 27.3 Å². The van der Waals surface area contributed by atoms with Crippen LogP contribution in [-0.4, -0.2) is 40.1 Å². The first-order chi connectivity index (χ1) is 14.0. The number of nitrogens with one attached hydrogen (secondary N) is 1. The van der Waals surface area contributed by atoms with Crippen LogP contribution in [0.4, 0.5) is 5.13 Å². The number of carbonyl (C=O) groups excluding carboxylic acids is 1. The summed E-state index contributed by atoms with van der Waals surface area (Å²) in [5.74, 6) is 0.0225. The number of fused-ring (bicyclic) bond motifs is 1. The molecule has 29 heavy (non-hydrogen) atoms. The molecule has 152 valence electrons. The summed E-state index contributed by atoms with van der Waals surface area (Å²) in [5.41, 5.74) is 2.98. The van der Waals surface area contributed by atoms with E-state index in [4.69, 9.17) is 0 Å². The highest BCUT2D eigenvalue weighted by Gasteiger charge is 2.27. The zero-order valence-corrected chi connectivity index (χ0v) is 17.5. The third-order valence-corrected chi connectivity index (χ3v) is 6.23. The Morgan fingerprint density at radius 2 is 2.07 bits per heavy atom. The van der Waals surface area contributed by atoms with Gasteiger partial charge in [0.15, 0.2) is 0 Å². The van der Waals surface area contributed by atoms with Crippen LogP contribution < -0.4 is 15.8 Å². The van der Waals surface area contributed by atoms with Crippen molar-refractivity contribution in [2.24, 2.45) is 5.92 Å². The Hall–Kier alpha value is -2.74. The smallest absolute Gasteiger partial charge is 0.275 e. The number of nitrogens with zero attached hydrogens (tertiary/aromatic N) is 4. The number of benzene rings is 1. The van der Waals surface area contributed by atoms with Crippen molar-refractivity contribution in [1.29, 1.82) is 0 Å². The molecular weight excluding hydrogens is 386 g/mol. The highest BCUT2D eigenvalue weighted by molar-refractivity contribution is 7.20. The van der Waals surface area contributed by atoms with Gasteiger partial charge in [0.1, 0.15) is 0 Å². The zero-order valence-electron chi connectivity index (χ0n) is 16.7. The first kappa shape index (κ1) is 19.6. The van der Waals surface area contributed by atoms with E-state index in [1.165, 1.54) is 33.0 Å². The van der Waals surface area contributed by atoms with Gasteiger partial charge in [-0.3, -0.25) is 9.59 Å². The summed E-state index contributed by atoms with van der Waals surface area (Å²) < 4.78 is 1.35. The van der Waals surface area contributed by atoms with Crippen molar-refractivity contribution in [3.8, 4) is 0 Å². The van der Waals surface area contributed by atoms with Crippen LogP contribution in [0.5, 0.6) is 0 Å². The van der Waals surface area contributed by atoms with E-state index in [0.29, 0.717) is 23.7 Å². The minimum absolute atomic E-state index is 0.0693. The molecule has 0 saturated carbocycles. The zero-order chi connectivity index (χ0) is 20.4. The topological polar surface area (TPSA) is 79.6 Å². The van der Waals surface area contributed by atoms with Crippen molar-refractivity contribution in [3.63, 3.8) is 0 Å². The number of rotatable bonds is 5. The number of carbonyl (C=O) groups is 1. The summed E-state index contributed by atoms with van der Waals surface area (Å²) in [6.07, 6.45) is 2.62. The summed E-state index contributed by atoms with van der Waals surface area (Å²) in [5, 5.41) is 8.26. The standard InChI is InChI=1S/C21H25N5O2S/c1-14-5-7-16(8-6-14)9-10-22-19(28)17-4-3-11-25(13-17)21-24-26-18(27)12-15(2)23-20(26)29-21/h5-8,12,17H,3-4,9-11,13H2,1-2H3,(H,22,28)/t17-/m1/s1. The Bertz CT molecular complexity index is 1070. The van der Waals surface area contributed by atoms with Crippen molar-refractivity contribution < 1.29 is 4.79 Å². The highest BCUT2D eigenvalue weighted by Crippen LogP contribution is 2.27. The maximum atomic E-state index is 12.7. The highest BCUT2D eigenvalue weighted by atomic mass is 32.1. The average Bonchev–Trinajstić information content (AvgIpc) is 3.14. The Balaban J connectivity index is 1.37. The van der Waals surface area contributed by atoms with Gasteiger partial charge >= 0.3 is 0 Å². The maximum Gasteiger partial charge on any atom is 0.275 e. The molecule has 1 amide bonds. The Labute approximate surface area is 173 Å². The second-order valence-corrected chi connectivity index (χ2v) is 8.56. The van der Waals surface area contributed by atoms with Crippen molar-refractivity contribution in [1.82, 2.24) is 19.9 Å². The number of aromatic nitrogens is 3. The van der Waals surface area contributed by atoms with Crippen LogP contribution in [0.3, 0.4) is 0 Å². The van der Waals surface area contributed by atoms with Crippen molar-refractivity contribution in [2.45, 2.75) is 33.1 Å². The minimum Gasteiger partial charge on any atom is -0.355 e. The Morgan fingerprint density at radius 1 is 1.28 bits per heavy atom. The fourth-order valence-corrected chi connectivity index (χ4v) is 4.62. The van der Waals surface area contributed by atoms with Crippen molar-refractivity contribution in [3.05, 3.63) is 57.5 Å². The number of piperidine rings is 1. The molecule has 0 bridgehead atoms. The number of amides is 1. The predicted molar refractivity (Wildman–Crippen MR) is 115 cm³/mol. The average molecular weight is 412 g/mol. The van der Waals surface area contributed by atoms with E-state index in [9.17, 15) is 9.59 Å². The second-order valence-electron chi connectivity index (χ2n) is 7.63. The van der Waals surface area contributed by atoms with E-state index in [1.807, 2.05) is 0 Å². The van der Waals surface area contributed by atoms with Crippen LogP contribution in [0.1, 0.15) is 29.7 Å². The molecule has 1 atom stereocenters. The molecular formula is C21H25N5O2S. The molecule has 4 rings (SSSR count). The van der Waals surface area contributed by atoms with E-state index in [0.717, 1.165) is 30.9 Å². The molecule has 1 fully saturated rings. The lowest BCUT2D eigenvalue weighted by Crippen LogP contribution is -2.43. The van der Waals surface area contributed by atoms with Gasteiger partial charge < -0.3 is 10.2 Å².